The van der Waals surface area contributed by atoms with Crippen molar-refractivity contribution < 1.29 is 18.9 Å². The molecule has 0 aliphatic heterocycles. The molecule has 1 aromatic rings. The molecule has 0 aromatic carbocycles. The Balaban J connectivity index is 2.33. The summed E-state index contributed by atoms with van der Waals surface area (Å²) >= 11 is 0. The Hall–Kier alpha value is -1.91. The Labute approximate surface area is 113 Å². The molecule has 0 unspecified atom stereocenters. The molecule has 0 aliphatic carbocycles. The van der Waals surface area contributed by atoms with Gasteiger partial charge in [0.25, 0.3) is 0 Å². The Morgan fingerprint density at radius 2 is 2.00 bits per heavy atom. The first-order valence-corrected chi connectivity index (χ1v) is 6.54. The summed E-state index contributed by atoms with van der Waals surface area (Å²) in [5.41, 5.74) is 0.745. The number of unbranched alkanes of at least 4 members (excludes halogenated alkanes) is 1. The summed E-state index contributed by atoms with van der Waals surface area (Å²) in [4.78, 5) is 22.3. The number of aromatic nitrogens is 1. The van der Waals surface area contributed by atoms with E-state index >= 15 is 0 Å². The van der Waals surface area contributed by atoms with Gasteiger partial charge in [-0.2, -0.15) is 0 Å². The number of rotatable bonds is 7. The van der Waals surface area contributed by atoms with Gasteiger partial charge in [-0.3, -0.25) is 9.59 Å². The summed E-state index contributed by atoms with van der Waals surface area (Å²) in [5, 5.41) is 2.69. The highest BCUT2D eigenvalue weighted by molar-refractivity contribution is 5.88. The molecular weight excluding hydrogens is 244 g/mol. The van der Waals surface area contributed by atoms with Gasteiger partial charge in [0.2, 0.25) is 5.91 Å². The van der Waals surface area contributed by atoms with E-state index in [-0.39, 0.29) is 11.9 Å². The van der Waals surface area contributed by atoms with E-state index in [9.17, 15) is 9.59 Å². The predicted octanol–water partition coefficient (Wildman–Crippen LogP) is 1.67. The van der Waals surface area contributed by atoms with Crippen molar-refractivity contribution in [3.8, 4) is 0 Å². The molecule has 5 nitrogen and oxygen atoms in total. The summed E-state index contributed by atoms with van der Waals surface area (Å²) in [6.45, 7) is 4.60. The lowest BCUT2D eigenvalue weighted by atomic mass is 10.3. The number of ether oxygens (including phenoxy) is 1. The van der Waals surface area contributed by atoms with Gasteiger partial charge in [-0.15, -0.1) is 0 Å². The largest absolute Gasteiger partial charge is 0.465 e. The highest BCUT2D eigenvalue weighted by atomic mass is 16.5. The monoisotopic (exact) mass is 265 g/mol. The summed E-state index contributed by atoms with van der Waals surface area (Å²) in [7, 11) is 0. The number of anilines is 1. The Bertz CT molecular complexity index is 415. The minimum absolute atomic E-state index is 0.0998. The topological polar surface area (TPSA) is 59.3 Å². The van der Waals surface area contributed by atoms with E-state index in [0.717, 1.165) is 18.5 Å². The van der Waals surface area contributed by atoms with Crippen molar-refractivity contribution in [1.29, 1.82) is 0 Å². The van der Waals surface area contributed by atoms with Gasteiger partial charge in [-0.05, 0) is 6.42 Å². The number of hydrogen-bond acceptors (Lipinski definition) is 3. The van der Waals surface area contributed by atoms with Gasteiger partial charge in [-0.1, -0.05) is 13.3 Å². The van der Waals surface area contributed by atoms with Crippen molar-refractivity contribution in [2.24, 2.45) is 0 Å². The third-order valence-electron chi connectivity index (χ3n) is 2.55. The molecule has 0 aliphatic rings. The molecule has 0 bridgehead atoms. The molecule has 1 aromatic heterocycles. The Kier molecular flexibility index (Phi) is 6.57. The molecule has 0 fully saturated rings. The summed E-state index contributed by atoms with van der Waals surface area (Å²) < 4.78 is 6.95. The highest BCUT2D eigenvalue weighted by Crippen LogP contribution is 2.02. The molecule has 0 radical (unpaired) electrons. The van der Waals surface area contributed by atoms with E-state index in [1.165, 1.54) is 6.92 Å². The molecule has 104 valence electrons. The average Bonchev–Trinajstić information content (AvgIpc) is 2.37. The van der Waals surface area contributed by atoms with Crippen LogP contribution in [0.15, 0.2) is 24.5 Å². The summed E-state index contributed by atoms with van der Waals surface area (Å²) in [6.07, 6.45) is 5.93. The van der Waals surface area contributed by atoms with Crippen LogP contribution in [-0.4, -0.2) is 18.5 Å². The number of aryl methyl sites for hydroxylation is 1. The second kappa shape index (κ2) is 8.24. The summed E-state index contributed by atoms with van der Waals surface area (Å²) in [5.74, 6) is -0.274. The van der Waals surface area contributed by atoms with Crippen LogP contribution in [-0.2, 0) is 20.9 Å². The number of nitrogens with zero attached hydrogens (tertiary/aromatic N) is 1. The zero-order valence-corrected chi connectivity index (χ0v) is 11.5. The van der Waals surface area contributed by atoms with Crippen LogP contribution in [0.1, 0.15) is 33.1 Å². The molecule has 5 heteroatoms. The lowest BCUT2D eigenvalue weighted by Crippen LogP contribution is -2.34. The maximum Gasteiger partial charge on any atom is 0.312 e. The fourth-order valence-corrected chi connectivity index (χ4v) is 1.52. The van der Waals surface area contributed by atoms with Gasteiger partial charge >= 0.3 is 5.97 Å². The number of carbonyl (C=O) groups excluding carboxylic acids is 2. The molecule has 1 rings (SSSR count). The van der Waals surface area contributed by atoms with Crippen molar-refractivity contribution in [2.75, 3.05) is 11.9 Å². The number of esters is 1. The SMILES string of the molecule is CCCCOC(=O)CC[n+]1ccc(NC(C)=O)cc1. The summed E-state index contributed by atoms with van der Waals surface area (Å²) in [6, 6.07) is 3.59. The Morgan fingerprint density at radius 1 is 1.32 bits per heavy atom. The fourth-order valence-electron chi connectivity index (χ4n) is 1.52. The molecule has 19 heavy (non-hydrogen) atoms. The average molecular weight is 265 g/mol. The van der Waals surface area contributed by atoms with Crippen LogP contribution in [0.3, 0.4) is 0 Å². The second-order valence-electron chi connectivity index (χ2n) is 4.33. The molecule has 1 heterocycles. The molecule has 0 saturated carbocycles. The maximum absolute atomic E-state index is 11.4. The lowest BCUT2D eigenvalue weighted by Gasteiger charge is -2.03. The van der Waals surface area contributed by atoms with Crippen LogP contribution in [0, 0.1) is 0 Å². The van der Waals surface area contributed by atoms with Gasteiger partial charge in [0.1, 0.15) is 6.42 Å². The second-order valence-corrected chi connectivity index (χ2v) is 4.33. The van der Waals surface area contributed by atoms with Crippen molar-refractivity contribution in [1.82, 2.24) is 0 Å². The van der Waals surface area contributed by atoms with Gasteiger partial charge in [-0.25, -0.2) is 4.57 Å². The predicted molar refractivity (Wildman–Crippen MR) is 71.4 cm³/mol. The number of amides is 1. The zero-order valence-electron chi connectivity index (χ0n) is 11.5. The third kappa shape index (κ3) is 6.55. The van der Waals surface area contributed by atoms with E-state index < -0.39 is 0 Å². The van der Waals surface area contributed by atoms with Crippen molar-refractivity contribution in [2.45, 2.75) is 39.7 Å². The van der Waals surface area contributed by atoms with Crippen LogP contribution in [0.25, 0.3) is 0 Å². The first-order valence-electron chi connectivity index (χ1n) is 6.54. The van der Waals surface area contributed by atoms with Crippen LogP contribution < -0.4 is 9.88 Å². The van der Waals surface area contributed by atoms with Crippen molar-refractivity contribution in [3.05, 3.63) is 24.5 Å². The van der Waals surface area contributed by atoms with Crippen molar-refractivity contribution >= 4 is 17.6 Å². The van der Waals surface area contributed by atoms with Crippen molar-refractivity contribution in [3.63, 3.8) is 0 Å². The van der Waals surface area contributed by atoms with E-state index in [1.807, 2.05) is 17.0 Å². The molecular formula is C14H21N2O3+. The highest BCUT2D eigenvalue weighted by Gasteiger charge is 2.07. The molecule has 0 atom stereocenters. The molecule has 0 saturated heterocycles. The van der Waals surface area contributed by atoms with Crippen LogP contribution >= 0.6 is 0 Å². The number of nitrogens with one attached hydrogen (secondary N) is 1. The standard InChI is InChI=1S/C14H20N2O3/c1-3-4-11-19-14(18)7-10-16-8-5-13(6-9-16)15-12(2)17/h5-6,8-9H,3-4,7,10-11H2,1-2H3/p+1. The van der Waals surface area contributed by atoms with Crippen LogP contribution in [0.4, 0.5) is 5.69 Å². The minimum Gasteiger partial charge on any atom is -0.465 e. The minimum atomic E-state index is -0.174. The van der Waals surface area contributed by atoms with Gasteiger partial charge in [0.05, 0.1) is 12.3 Å². The van der Waals surface area contributed by atoms with Gasteiger partial charge < -0.3 is 10.1 Å². The third-order valence-corrected chi connectivity index (χ3v) is 2.55. The number of pyridine rings is 1. The normalized spacial score (nSPS) is 10.0. The number of carbonyl (C=O) groups is 2. The lowest BCUT2D eigenvalue weighted by molar-refractivity contribution is -0.695. The smallest absolute Gasteiger partial charge is 0.312 e. The van der Waals surface area contributed by atoms with Gasteiger partial charge in [0, 0.05) is 19.1 Å². The molecule has 1 N–H and O–H groups in total. The van der Waals surface area contributed by atoms with E-state index in [1.54, 1.807) is 12.1 Å². The maximum atomic E-state index is 11.4. The molecule has 1 amide bonds. The quantitative estimate of drug-likeness (QED) is 0.463. The van der Waals surface area contributed by atoms with E-state index in [0.29, 0.717) is 19.6 Å². The Morgan fingerprint density at radius 3 is 2.58 bits per heavy atom. The van der Waals surface area contributed by atoms with E-state index in [2.05, 4.69) is 12.2 Å². The first-order chi connectivity index (χ1) is 9.11. The molecule has 0 spiro atoms. The van der Waals surface area contributed by atoms with Crippen LogP contribution in [0.2, 0.25) is 0 Å². The van der Waals surface area contributed by atoms with E-state index in [4.69, 9.17) is 4.74 Å². The number of hydrogen-bond donors (Lipinski definition) is 1. The zero-order chi connectivity index (χ0) is 14.1. The van der Waals surface area contributed by atoms with Gasteiger partial charge in [0.15, 0.2) is 18.9 Å². The van der Waals surface area contributed by atoms with Crippen LogP contribution in [0.5, 0.6) is 0 Å². The fraction of sp³-hybridized carbons (Fsp3) is 0.500. The first kappa shape index (κ1) is 15.1.